The van der Waals surface area contributed by atoms with Crippen molar-refractivity contribution in [2.45, 2.75) is 32.2 Å². The Labute approximate surface area is 209 Å². The zero-order valence-corrected chi connectivity index (χ0v) is 22.1. The van der Waals surface area contributed by atoms with Crippen LogP contribution in [-0.2, 0) is 34.1 Å². The minimum absolute atomic E-state index is 0.0492. The maximum atomic E-state index is 13.0. The first-order valence-electron chi connectivity index (χ1n) is 11.4. The fraction of sp³-hybridized carbons (Fsp3) is 0.385. The molecule has 0 aliphatic heterocycles. The zero-order chi connectivity index (χ0) is 25.5. The molecule has 0 fully saturated rings. The Morgan fingerprint density at radius 3 is 2.37 bits per heavy atom. The van der Waals surface area contributed by atoms with Crippen molar-refractivity contribution in [3.05, 3.63) is 65.1 Å². The van der Waals surface area contributed by atoms with Gasteiger partial charge in [-0.1, -0.05) is 24.3 Å². The fourth-order valence-corrected chi connectivity index (χ4v) is 4.86. The van der Waals surface area contributed by atoms with Crippen LogP contribution in [0.1, 0.15) is 22.5 Å². The van der Waals surface area contributed by atoms with E-state index < -0.39 is 11.0 Å². The van der Waals surface area contributed by atoms with Crippen molar-refractivity contribution in [3.8, 4) is 17.0 Å². The Bertz CT molecular complexity index is 1150. The third kappa shape index (κ3) is 7.00. The molecule has 1 amide bonds. The van der Waals surface area contributed by atoms with Gasteiger partial charge in [0, 0.05) is 38.9 Å². The Hall–Kier alpha value is -3.01. The van der Waals surface area contributed by atoms with Gasteiger partial charge in [-0.3, -0.25) is 4.79 Å². The zero-order valence-electron chi connectivity index (χ0n) is 21.3. The Balaban J connectivity index is 1.40. The lowest BCUT2D eigenvalue weighted by atomic mass is 10.1. The average molecular weight is 499 g/mol. The van der Waals surface area contributed by atoms with Gasteiger partial charge in [0.2, 0.25) is 5.91 Å². The number of nitrogens with zero attached hydrogens (tertiary/aromatic N) is 3. The van der Waals surface area contributed by atoms with E-state index in [9.17, 15) is 9.00 Å². The summed E-state index contributed by atoms with van der Waals surface area (Å²) in [6, 6.07) is 11.7. The number of likely N-dealkylation sites (N-methyl/N-ethyl adjacent to an activating group) is 1. The summed E-state index contributed by atoms with van der Waals surface area (Å²) in [7, 11) is 4.03. The number of carbonyl (C=O) groups excluding carboxylic acids is 1. The van der Waals surface area contributed by atoms with Gasteiger partial charge in [-0.25, -0.2) is 13.5 Å². The molecule has 0 aliphatic carbocycles. The number of imidazole rings is 1. The molecule has 35 heavy (non-hydrogen) atoms. The maximum Gasteiger partial charge on any atom is 0.246 e. The molecule has 188 valence electrons. The van der Waals surface area contributed by atoms with E-state index in [-0.39, 0.29) is 12.5 Å². The largest absolute Gasteiger partial charge is 0.497 e. The van der Waals surface area contributed by atoms with E-state index in [4.69, 9.17) is 9.47 Å². The molecular weight excluding hydrogens is 464 g/mol. The molecule has 1 heterocycles. The van der Waals surface area contributed by atoms with Crippen LogP contribution in [0.25, 0.3) is 11.3 Å². The number of hydrogen-bond acceptors (Lipinski definition) is 5. The lowest BCUT2D eigenvalue weighted by molar-refractivity contribution is -0.125. The second-order valence-corrected chi connectivity index (χ2v) is 10.0. The summed E-state index contributed by atoms with van der Waals surface area (Å²) in [6.07, 6.45) is 2.00. The molecule has 0 saturated heterocycles. The number of aromatic nitrogens is 2. The van der Waals surface area contributed by atoms with Gasteiger partial charge in [0.25, 0.3) is 0 Å². The normalized spacial score (nSPS) is 12.1. The number of aryl methyl sites for hydroxylation is 4. The predicted molar refractivity (Wildman–Crippen MR) is 138 cm³/mol. The smallest absolute Gasteiger partial charge is 0.246 e. The molecule has 9 heteroatoms. The number of hydrogen-bond donors (Lipinski definition) is 1. The first-order chi connectivity index (χ1) is 16.7. The van der Waals surface area contributed by atoms with E-state index in [1.165, 1.54) is 0 Å². The van der Waals surface area contributed by atoms with Gasteiger partial charge < -0.3 is 19.4 Å². The standard InChI is InChI=1S/C26H34N4O4S/c1-18-13-23(33-6)14-19(2)26(18)35(32)30(5)11-12-34-17-25(31)27-15-21-7-9-22(10-8-21)24-16-29(4)20(3)28-24/h7-10,13-14,16H,11-12,15,17H2,1-6H3,(H,27,31). The second kappa shape index (κ2) is 12.1. The van der Waals surface area contributed by atoms with Crippen LogP contribution in [0.3, 0.4) is 0 Å². The topological polar surface area (TPSA) is 85.7 Å². The van der Waals surface area contributed by atoms with Crippen LogP contribution in [0.15, 0.2) is 47.5 Å². The van der Waals surface area contributed by atoms with Crippen molar-refractivity contribution >= 4 is 16.9 Å². The van der Waals surface area contributed by atoms with Gasteiger partial charge in [0.05, 0.1) is 24.3 Å². The number of ether oxygens (including phenoxy) is 2. The Morgan fingerprint density at radius 1 is 1.14 bits per heavy atom. The first-order valence-corrected chi connectivity index (χ1v) is 12.5. The molecule has 1 atom stereocenters. The van der Waals surface area contributed by atoms with Crippen LogP contribution < -0.4 is 10.1 Å². The summed E-state index contributed by atoms with van der Waals surface area (Å²) in [5.74, 6) is 1.51. The highest BCUT2D eigenvalue weighted by Crippen LogP contribution is 2.25. The van der Waals surface area contributed by atoms with Crippen molar-refractivity contribution in [1.29, 1.82) is 0 Å². The van der Waals surface area contributed by atoms with Crippen molar-refractivity contribution in [1.82, 2.24) is 19.2 Å². The molecule has 3 rings (SSSR count). The number of amides is 1. The minimum atomic E-state index is -1.33. The Kier molecular flexibility index (Phi) is 9.20. The molecule has 1 unspecified atom stereocenters. The van der Waals surface area contributed by atoms with Gasteiger partial charge in [-0.05, 0) is 49.6 Å². The van der Waals surface area contributed by atoms with E-state index in [1.54, 1.807) is 18.5 Å². The molecule has 2 aromatic carbocycles. The van der Waals surface area contributed by atoms with Crippen LogP contribution in [0.4, 0.5) is 0 Å². The summed E-state index contributed by atoms with van der Waals surface area (Å²) < 4.78 is 27.4. The highest BCUT2D eigenvalue weighted by atomic mass is 32.2. The lowest BCUT2D eigenvalue weighted by Crippen LogP contribution is -2.30. The molecule has 1 N–H and O–H groups in total. The van der Waals surface area contributed by atoms with Crippen molar-refractivity contribution in [2.75, 3.05) is 33.9 Å². The molecule has 3 aromatic rings. The summed E-state index contributed by atoms with van der Waals surface area (Å²) in [6.45, 7) is 6.90. The van der Waals surface area contributed by atoms with Crippen LogP contribution >= 0.6 is 0 Å². The molecule has 0 aliphatic rings. The monoisotopic (exact) mass is 498 g/mol. The SMILES string of the molecule is COc1cc(C)c(S(=O)N(C)CCOCC(=O)NCc2ccc(-c3cn(C)c(C)n3)cc2)c(C)c1. The highest BCUT2D eigenvalue weighted by molar-refractivity contribution is 7.82. The van der Waals surface area contributed by atoms with Gasteiger partial charge >= 0.3 is 0 Å². The first kappa shape index (κ1) is 26.6. The number of rotatable bonds is 11. The van der Waals surface area contributed by atoms with Crippen molar-refractivity contribution in [2.24, 2.45) is 7.05 Å². The molecule has 0 radical (unpaired) electrons. The van der Waals surface area contributed by atoms with E-state index in [0.29, 0.717) is 19.7 Å². The average Bonchev–Trinajstić information content (AvgIpc) is 3.18. The molecule has 0 saturated carbocycles. The highest BCUT2D eigenvalue weighted by Gasteiger charge is 2.17. The van der Waals surface area contributed by atoms with E-state index in [2.05, 4.69) is 10.3 Å². The van der Waals surface area contributed by atoms with Gasteiger partial charge in [0.1, 0.15) is 29.2 Å². The maximum absolute atomic E-state index is 13.0. The lowest BCUT2D eigenvalue weighted by Gasteiger charge is -2.19. The van der Waals surface area contributed by atoms with Crippen molar-refractivity contribution in [3.63, 3.8) is 0 Å². The quantitative estimate of drug-likeness (QED) is 0.410. The van der Waals surface area contributed by atoms with Crippen LogP contribution in [0.5, 0.6) is 5.75 Å². The summed E-state index contributed by atoms with van der Waals surface area (Å²) >= 11 is 0. The van der Waals surface area contributed by atoms with Gasteiger partial charge in [-0.15, -0.1) is 0 Å². The third-order valence-electron chi connectivity index (χ3n) is 5.76. The predicted octanol–water partition coefficient (Wildman–Crippen LogP) is 3.31. The van der Waals surface area contributed by atoms with Gasteiger partial charge in [0.15, 0.2) is 0 Å². The molecular formula is C26H34N4O4S. The van der Waals surface area contributed by atoms with E-state index in [0.717, 1.165) is 44.4 Å². The molecule has 1 aromatic heterocycles. The number of benzene rings is 2. The number of methoxy groups -OCH3 is 1. The molecule has 0 bridgehead atoms. The second-order valence-electron chi connectivity index (χ2n) is 8.50. The summed E-state index contributed by atoms with van der Waals surface area (Å²) in [4.78, 5) is 17.5. The van der Waals surface area contributed by atoms with E-state index in [1.807, 2.05) is 75.0 Å². The van der Waals surface area contributed by atoms with Crippen LogP contribution in [0.2, 0.25) is 0 Å². The fourth-order valence-electron chi connectivity index (χ4n) is 3.64. The third-order valence-corrected chi connectivity index (χ3v) is 7.50. The number of nitrogens with one attached hydrogen (secondary N) is 1. The van der Waals surface area contributed by atoms with Gasteiger partial charge in [-0.2, -0.15) is 0 Å². The van der Waals surface area contributed by atoms with E-state index >= 15 is 0 Å². The summed E-state index contributed by atoms with van der Waals surface area (Å²) in [5.41, 5.74) is 4.78. The molecule has 0 spiro atoms. The number of carbonyl (C=O) groups is 1. The summed E-state index contributed by atoms with van der Waals surface area (Å²) in [5, 5.41) is 2.86. The van der Waals surface area contributed by atoms with Crippen molar-refractivity contribution < 1.29 is 18.5 Å². The minimum Gasteiger partial charge on any atom is -0.497 e. The van der Waals surface area contributed by atoms with Crippen LogP contribution in [-0.4, -0.2) is 57.9 Å². The molecule has 8 nitrogen and oxygen atoms in total. The Morgan fingerprint density at radius 2 is 1.80 bits per heavy atom. The van der Waals surface area contributed by atoms with Crippen LogP contribution in [0, 0.1) is 20.8 Å².